The molecule has 1 aromatic carbocycles. The van der Waals surface area contributed by atoms with Crippen molar-refractivity contribution in [1.29, 1.82) is 0 Å². The molecule has 0 aliphatic heterocycles. The third-order valence-electron chi connectivity index (χ3n) is 2.16. The topological polar surface area (TPSA) is 9.23 Å². The molecule has 1 aromatic rings. The Hall–Kier alpha value is -0.673. The van der Waals surface area contributed by atoms with Gasteiger partial charge < -0.3 is 4.43 Å². The number of hydrogen-bond donors (Lipinski definition) is 0. The van der Waals surface area contributed by atoms with Crippen LogP contribution >= 0.6 is 11.8 Å². The van der Waals surface area contributed by atoms with E-state index in [9.17, 15) is 26.3 Å². The van der Waals surface area contributed by atoms with Crippen LogP contribution in [-0.4, -0.2) is 20.0 Å². The number of halogens is 6. The highest BCUT2D eigenvalue weighted by molar-refractivity contribution is 8.00. The Bertz CT molecular complexity index is 480. The second-order valence-electron chi connectivity index (χ2n) is 5.27. The second-order valence-corrected chi connectivity index (χ2v) is 10.9. The van der Waals surface area contributed by atoms with E-state index in [-0.39, 0.29) is 10.5 Å². The molecule has 1 rings (SSSR count). The summed E-state index contributed by atoms with van der Waals surface area (Å²) in [7, 11) is -2.53. The lowest BCUT2D eigenvalue weighted by Gasteiger charge is -2.28. The first-order chi connectivity index (χ1) is 9.28. The van der Waals surface area contributed by atoms with Crippen molar-refractivity contribution in [3.8, 4) is 0 Å². The van der Waals surface area contributed by atoms with Gasteiger partial charge in [0, 0.05) is 4.90 Å². The molecule has 120 valence electrons. The van der Waals surface area contributed by atoms with Crippen LogP contribution < -0.4 is 0 Å². The standard InChI is InChI=1S/C12H14F6OSSi/c1-21(2,3)19-10(11(13,14)15)8-5-4-6-9(7-8)20-12(16,17)18/h4-7,10H,1-3H3. The summed E-state index contributed by atoms with van der Waals surface area (Å²) in [6, 6.07) is 4.27. The van der Waals surface area contributed by atoms with Gasteiger partial charge in [-0.25, -0.2) is 0 Å². The first-order valence-electron chi connectivity index (χ1n) is 5.88. The Kier molecular flexibility index (Phi) is 5.44. The summed E-state index contributed by atoms with van der Waals surface area (Å²) in [5, 5.41) is 0. The van der Waals surface area contributed by atoms with Crippen molar-refractivity contribution >= 4 is 20.1 Å². The Morgan fingerprint density at radius 1 is 1.05 bits per heavy atom. The van der Waals surface area contributed by atoms with E-state index in [0.717, 1.165) is 24.3 Å². The van der Waals surface area contributed by atoms with Crippen LogP contribution in [0.4, 0.5) is 26.3 Å². The number of rotatable bonds is 4. The van der Waals surface area contributed by atoms with Crippen molar-refractivity contribution in [2.45, 2.75) is 42.3 Å². The van der Waals surface area contributed by atoms with Crippen LogP contribution in [0.2, 0.25) is 19.6 Å². The zero-order valence-corrected chi connectivity index (χ0v) is 13.3. The fraction of sp³-hybridized carbons (Fsp3) is 0.500. The first kappa shape index (κ1) is 18.4. The second kappa shape index (κ2) is 6.21. The van der Waals surface area contributed by atoms with Crippen molar-refractivity contribution in [1.82, 2.24) is 0 Å². The highest BCUT2D eigenvalue weighted by Gasteiger charge is 2.44. The van der Waals surface area contributed by atoms with Gasteiger partial charge in [0.25, 0.3) is 0 Å². The molecule has 0 amide bonds. The maximum atomic E-state index is 13.1. The van der Waals surface area contributed by atoms with Crippen LogP contribution in [0, 0.1) is 0 Å². The lowest BCUT2D eigenvalue weighted by atomic mass is 10.1. The molecule has 1 unspecified atom stereocenters. The van der Waals surface area contributed by atoms with Crippen LogP contribution in [0.3, 0.4) is 0 Å². The molecule has 0 N–H and O–H groups in total. The summed E-state index contributed by atoms with van der Waals surface area (Å²) < 4.78 is 81.2. The largest absolute Gasteiger partial charge is 0.446 e. The molecule has 0 saturated heterocycles. The van der Waals surface area contributed by atoms with Crippen LogP contribution in [0.15, 0.2) is 29.2 Å². The fourth-order valence-corrected chi connectivity index (χ4v) is 3.14. The quantitative estimate of drug-likeness (QED) is 0.389. The van der Waals surface area contributed by atoms with E-state index >= 15 is 0 Å². The molecule has 0 aliphatic carbocycles. The molecular weight excluding hydrogens is 334 g/mol. The lowest BCUT2D eigenvalue weighted by Crippen LogP contribution is -2.35. The molecule has 0 heterocycles. The normalized spacial score (nSPS) is 15.1. The van der Waals surface area contributed by atoms with Crippen molar-refractivity contribution in [2.75, 3.05) is 0 Å². The van der Waals surface area contributed by atoms with Crippen LogP contribution in [0.25, 0.3) is 0 Å². The average Bonchev–Trinajstić information content (AvgIpc) is 2.21. The van der Waals surface area contributed by atoms with E-state index in [2.05, 4.69) is 0 Å². The molecule has 21 heavy (non-hydrogen) atoms. The van der Waals surface area contributed by atoms with E-state index in [1.165, 1.54) is 0 Å². The van der Waals surface area contributed by atoms with Gasteiger partial charge in [0.05, 0.1) is 0 Å². The van der Waals surface area contributed by atoms with Crippen molar-refractivity contribution < 1.29 is 30.8 Å². The van der Waals surface area contributed by atoms with Crippen molar-refractivity contribution in [3.05, 3.63) is 29.8 Å². The summed E-state index contributed by atoms with van der Waals surface area (Å²) in [5.41, 5.74) is -4.87. The maximum Gasteiger partial charge on any atom is 0.446 e. The number of alkyl halides is 6. The van der Waals surface area contributed by atoms with Gasteiger partial charge in [-0.3, -0.25) is 0 Å². The molecule has 0 aliphatic rings. The van der Waals surface area contributed by atoms with Crippen molar-refractivity contribution in [3.63, 3.8) is 0 Å². The smallest absolute Gasteiger partial charge is 0.403 e. The van der Waals surface area contributed by atoms with Gasteiger partial charge in [-0.05, 0) is 49.1 Å². The van der Waals surface area contributed by atoms with Crippen LogP contribution in [-0.2, 0) is 4.43 Å². The summed E-state index contributed by atoms with van der Waals surface area (Å²) in [4.78, 5) is -0.298. The van der Waals surface area contributed by atoms with Gasteiger partial charge in [-0.2, -0.15) is 26.3 Å². The third kappa shape index (κ3) is 6.75. The van der Waals surface area contributed by atoms with E-state index in [1.807, 2.05) is 0 Å². The predicted octanol–water partition coefficient (Wildman–Crippen LogP) is 5.75. The van der Waals surface area contributed by atoms with Crippen molar-refractivity contribution in [2.24, 2.45) is 0 Å². The molecule has 1 atom stereocenters. The minimum absolute atomic E-state index is 0.298. The molecule has 0 fully saturated rings. The van der Waals surface area contributed by atoms with E-state index in [0.29, 0.717) is 0 Å². The molecule has 0 radical (unpaired) electrons. The Balaban J connectivity index is 3.11. The van der Waals surface area contributed by atoms with Crippen LogP contribution in [0.1, 0.15) is 11.7 Å². The monoisotopic (exact) mass is 348 g/mol. The van der Waals surface area contributed by atoms with E-state index < -0.39 is 37.9 Å². The number of thioether (sulfide) groups is 1. The first-order valence-corrected chi connectivity index (χ1v) is 10.1. The fourth-order valence-electron chi connectivity index (χ4n) is 1.55. The zero-order chi connectivity index (χ0) is 16.5. The molecule has 0 aromatic heterocycles. The third-order valence-corrected chi connectivity index (χ3v) is 3.83. The highest BCUT2D eigenvalue weighted by atomic mass is 32.2. The summed E-state index contributed by atoms with van der Waals surface area (Å²) in [6.45, 7) is 4.75. The van der Waals surface area contributed by atoms with Crippen LogP contribution in [0.5, 0.6) is 0 Å². The summed E-state index contributed by atoms with van der Waals surface area (Å²) >= 11 is -0.451. The van der Waals surface area contributed by atoms with Gasteiger partial charge >= 0.3 is 11.7 Å². The highest BCUT2D eigenvalue weighted by Crippen LogP contribution is 2.41. The molecule has 0 spiro atoms. The molecule has 1 nitrogen and oxygen atoms in total. The summed E-state index contributed by atoms with van der Waals surface area (Å²) in [6.07, 6.45) is -6.89. The average molecular weight is 348 g/mol. The number of benzene rings is 1. The van der Waals surface area contributed by atoms with Gasteiger partial charge in [-0.1, -0.05) is 12.1 Å². The zero-order valence-electron chi connectivity index (χ0n) is 11.5. The van der Waals surface area contributed by atoms with Gasteiger partial charge in [-0.15, -0.1) is 0 Å². The van der Waals surface area contributed by atoms with E-state index in [1.54, 1.807) is 19.6 Å². The molecule has 0 bridgehead atoms. The molecule has 9 heteroatoms. The van der Waals surface area contributed by atoms with E-state index in [4.69, 9.17) is 4.43 Å². The molecular formula is C12H14F6OSSi. The number of hydrogen-bond acceptors (Lipinski definition) is 2. The predicted molar refractivity (Wildman–Crippen MR) is 71.6 cm³/mol. The molecule has 0 saturated carbocycles. The maximum absolute atomic E-state index is 13.1. The summed E-state index contributed by atoms with van der Waals surface area (Å²) in [5.74, 6) is 0. The Morgan fingerprint density at radius 2 is 1.62 bits per heavy atom. The lowest BCUT2D eigenvalue weighted by molar-refractivity contribution is -0.200. The minimum Gasteiger partial charge on any atom is -0.403 e. The van der Waals surface area contributed by atoms with Gasteiger partial charge in [0.15, 0.2) is 14.4 Å². The Labute approximate surface area is 123 Å². The van der Waals surface area contributed by atoms with Gasteiger partial charge in [0.2, 0.25) is 0 Å². The SMILES string of the molecule is C[Si](C)(C)OC(c1cccc(SC(F)(F)F)c1)C(F)(F)F. The minimum atomic E-state index is -4.68. The Morgan fingerprint density at radius 3 is 2.05 bits per heavy atom. The van der Waals surface area contributed by atoms with Gasteiger partial charge in [0.1, 0.15) is 0 Å².